The maximum atomic E-state index is 10.8. The fourth-order valence-corrected chi connectivity index (χ4v) is 1.55. The monoisotopic (exact) mass is 260 g/mol. The summed E-state index contributed by atoms with van der Waals surface area (Å²) in [4.78, 5) is 14.9. The number of carboxylic acids is 1. The molecule has 2 aromatic heterocycles. The number of fused-ring (bicyclic) bond motifs is 1. The zero-order chi connectivity index (χ0) is 13.4. The Kier molecular flexibility index (Phi) is 2.41. The van der Waals surface area contributed by atoms with Crippen molar-refractivity contribution in [3.63, 3.8) is 0 Å². The van der Waals surface area contributed by atoms with Crippen molar-refractivity contribution in [1.82, 2.24) is 15.2 Å². The summed E-state index contributed by atoms with van der Waals surface area (Å²) in [5, 5.41) is 19.0. The highest BCUT2D eigenvalue weighted by molar-refractivity contribution is 5.92. The molecule has 0 amide bonds. The van der Waals surface area contributed by atoms with Gasteiger partial charge in [0, 0.05) is 6.92 Å². The molecule has 0 atom stereocenters. The van der Waals surface area contributed by atoms with Crippen molar-refractivity contribution < 1.29 is 18.7 Å². The summed E-state index contributed by atoms with van der Waals surface area (Å²) in [6.07, 6.45) is 0. The molecule has 3 rings (SSSR count). The minimum atomic E-state index is -1.02. The Balaban J connectivity index is 1.95. The molecular formula is C11H8N4O4. The van der Waals surface area contributed by atoms with E-state index in [1.54, 1.807) is 6.92 Å². The Morgan fingerprint density at radius 1 is 1.26 bits per heavy atom. The van der Waals surface area contributed by atoms with Gasteiger partial charge in [-0.1, -0.05) is 5.10 Å². The smallest absolute Gasteiger partial charge is 0.335 e. The normalized spacial score (nSPS) is 10.8. The first-order valence-electron chi connectivity index (χ1n) is 5.33. The summed E-state index contributed by atoms with van der Waals surface area (Å²) >= 11 is 0. The topological polar surface area (TPSA) is 114 Å². The van der Waals surface area contributed by atoms with Crippen molar-refractivity contribution in [1.29, 1.82) is 0 Å². The lowest BCUT2D eigenvalue weighted by Crippen LogP contribution is -1.94. The average molecular weight is 260 g/mol. The Labute approximate surface area is 106 Å². The maximum absolute atomic E-state index is 10.8. The van der Waals surface area contributed by atoms with Gasteiger partial charge in [0.1, 0.15) is 5.52 Å². The standard InChI is InChI=1S/C11H8N4O4/c1-5-14-15-11(18-5)13-10-12-7-4-6(9(16)17)2-3-8(7)19-10/h2-4H,1H3,(H,16,17)(H,12,13,15). The summed E-state index contributed by atoms with van der Waals surface area (Å²) in [7, 11) is 0. The van der Waals surface area contributed by atoms with Crippen LogP contribution in [0.1, 0.15) is 16.2 Å². The van der Waals surface area contributed by atoms with Crippen molar-refractivity contribution in [2.45, 2.75) is 6.92 Å². The van der Waals surface area contributed by atoms with Gasteiger partial charge in [0.15, 0.2) is 5.58 Å². The number of nitrogens with one attached hydrogen (secondary N) is 1. The van der Waals surface area contributed by atoms with E-state index in [2.05, 4.69) is 20.5 Å². The van der Waals surface area contributed by atoms with Crippen LogP contribution in [-0.2, 0) is 0 Å². The van der Waals surface area contributed by atoms with Gasteiger partial charge in [-0.25, -0.2) is 4.79 Å². The van der Waals surface area contributed by atoms with Crippen LogP contribution in [0.2, 0.25) is 0 Å². The van der Waals surface area contributed by atoms with Crippen LogP contribution in [0.15, 0.2) is 27.0 Å². The van der Waals surface area contributed by atoms with Gasteiger partial charge in [-0.15, -0.1) is 5.10 Å². The summed E-state index contributed by atoms with van der Waals surface area (Å²) < 4.78 is 10.5. The molecule has 3 aromatic rings. The summed E-state index contributed by atoms with van der Waals surface area (Å²) in [6, 6.07) is 4.71. The average Bonchev–Trinajstić information content (AvgIpc) is 2.94. The highest BCUT2D eigenvalue weighted by Crippen LogP contribution is 2.22. The van der Waals surface area contributed by atoms with Crippen molar-refractivity contribution in [2.24, 2.45) is 0 Å². The van der Waals surface area contributed by atoms with E-state index < -0.39 is 5.97 Å². The van der Waals surface area contributed by atoms with Crippen molar-refractivity contribution in [2.75, 3.05) is 5.32 Å². The number of benzene rings is 1. The SMILES string of the molecule is Cc1nnc(Nc2nc3cc(C(=O)O)ccc3o2)o1. The Bertz CT molecular complexity index is 761. The van der Waals surface area contributed by atoms with E-state index in [0.717, 1.165) is 0 Å². The van der Waals surface area contributed by atoms with Crippen LogP contribution in [0.5, 0.6) is 0 Å². The van der Waals surface area contributed by atoms with Crippen LogP contribution in [0.25, 0.3) is 11.1 Å². The number of nitrogens with zero attached hydrogens (tertiary/aromatic N) is 3. The molecule has 0 spiro atoms. The van der Waals surface area contributed by atoms with Gasteiger partial charge in [-0.3, -0.25) is 5.32 Å². The number of oxazole rings is 1. The van der Waals surface area contributed by atoms with E-state index >= 15 is 0 Å². The number of aromatic carboxylic acids is 1. The Morgan fingerprint density at radius 2 is 2.11 bits per heavy atom. The van der Waals surface area contributed by atoms with E-state index in [-0.39, 0.29) is 17.6 Å². The number of aromatic nitrogens is 3. The Morgan fingerprint density at radius 3 is 2.79 bits per heavy atom. The lowest BCUT2D eigenvalue weighted by molar-refractivity contribution is 0.0697. The number of hydrogen-bond acceptors (Lipinski definition) is 7. The first-order chi connectivity index (χ1) is 9.11. The maximum Gasteiger partial charge on any atom is 0.335 e. The van der Waals surface area contributed by atoms with Gasteiger partial charge in [-0.2, -0.15) is 4.98 Å². The lowest BCUT2D eigenvalue weighted by Gasteiger charge is -1.91. The lowest BCUT2D eigenvalue weighted by atomic mass is 10.2. The first-order valence-corrected chi connectivity index (χ1v) is 5.33. The van der Waals surface area contributed by atoms with Crippen LogP contribution in [0.4, 0.5) is 12.0 Å². The van der Waals surface area contributed by atoms with Crippen molar-refractivity contribution in [3.8, 4) is 0 Å². The van der Waals surface area contributed by atoms with E-state index in [9.17, 15) is 4.79 Å². The summed E-state index contributed by atoms with van der Waals surface area (Å²) in [6.45, 7) is 1.66. The predicted octanol–water partition coefficient (Wildman–Crippen LogP) is 1.96. The van der Waals surface area contributed by atoms with Gasteiger partial charge in [0.25, 0.3) is 0 Å². The van der Waals surface area contributed by atoms with Crippen LogP contribution in [0, 0.1) is 6.92 Å². The van der Waals surface area contributed by atoms with E-state index in [4.69, 9.17) is 13.9 Å². The molecule has 0 saturated carbocycles. The number of carboxylic acid groups (broad SMARTS) is 1. The molecular weight excluding hydrogens is 252 g/mol. The predicted molar refractivity (Wildman–Crippen MR) is 63.3 cm³/mol. The summed E-state index contributed by atoms with van der Waals surface area (Å²) in [5.74, 6) is -0.612. The van der Waals surface area contributed by atoms with E-state index in [0.29, 0.717) is 17.0 Å². The minimum Gasteiger partial charge on any atom is -0.478 e. The number of anilines is 2. The molecule has 0 unspecified atom stereocenters. The van der Waals surface area contributed by atoms with Crippen LogP contribution < -0.4 is 5.32 Å². The molecule has 8 nitrogen and oxygen atoms in total. The third kappa shape index (κ3) is 2.10. The van der Waals surface area contributed by atoms with Crippen molar-refractivity contribution in [3.05, 3.63) is 29.7 Å². The zero-order valence-corrected chi connectivity index (χ0v) is 9.75. The van der Waals surface area contributed by atoms with E-state index in [1.807, 2.05) is 0 Å². The van der Waals surface area contributed by atoms with Crippen LogP contribution in [0.3, 0.4) is 0 Å². The van der Waals surface area contributed by atoms with Crippen LogP contribution >= 0.6 is 0 Å². The zero-order valence-electron chi connectivity index (χ0n) is 9.75. The molecule has 19 heavy (non-hydrogen) atoms. The quantitative estimate of drug-likeness (QED) is 0.734. The van der Waals surface area contributed by atoms with Gasteiger partial charge in [0.2, 0.25) is 5.89 Å². The molecule has 96 valence electrons. The molecule has 0 aliphatic carbocycles. The fourth-order valence-electron chi connectivity index (χ4n) is 1.55. The molecule has 0 saturated heterocycles. The highest BCUT2D eigenvalue weighted by Gasteiger charge is 2.11. The first kappa shape index (κ1) is 11.2. The molecule has 0 radical (unpaired) electrons. The third-order valence-electron chi connectivity index (χ3n) is 2.37. The number of hydrogen-bond donors (Lipinski definition) is 2. The fraction of sp³-hybridized carbons (Fsp3) is 0.0909. The molecule has 0 aliphatic heterocycles. The second kappa shape index (κ2) is 4.09. The van der Waals surface area contributed by atoms with E-state index in [1.165, 1.54) is 18.2 Å². The number of aryl methyl sites for hydroxylation is 1. The van der Waals surface area contributed by atoms with Gasteiger partial charge >= 0.3 is 18.0 Å². The number of carbonyl (C=O) groups is 1. The van der Waals surface area contributed by atoms with Gasteiger partial charge in [-0.05, 0) is 18.2 Å². The molecule has 2 heterocycles. The third-order valence-corrected chi connectivity index (χ3v) is 2.37. The highest BCUT2D eigenvalue weighted by atomic mass is 16.4. The molecule has 1 aromatic carbocycles. The molecule has 0 aliphatic rings. The Hall–Kier alpha value is -2.90. The van der Waals surface area contributed by atoms with Crippen LogP contribution in [-0.4, -0.2) is 26.3 Å². The summed E-state index contributed by atoms with van der Waals surface area (Å²) in [5.41, 5.74) is 1.03. The molecule has 0 bridgehead atoms. The minimum absolute atomic E-state index is 0.140. The second-order valence-electron chi connectivity index (χ2n) is 3.76. The van der Waals surface area contributed by atoms with Crippen molar-refractivity contribution >= 4 is 29.1 Å². The molecule has 8 heteroatoms. The largest absolute Gasteiger partial charge is 0.478 e. The van der Waals surface area contributed by atoms with Gasteiger partial charge < -0.3 is 13.9 Å². The second-order valence-corrected chi connectivity index (χ2v) is 3.76. The molecule has 0 fully saturated rings. The van der Waals surface area contributed by atoms with Gasteiger partial charge in [0.05, 0.1) is 5.56 Å². The molecule has 2 N–H and O–H groups in total. The number of rotatable bonds is 3.